The molecule has 84 valence electrons. The van der Waals surface area contributed by atoms with Crippen LogP contribution in [0.4, 0.5) is 0 Å². The van der Waals surface area contributed by atoms with Crippen LogP contribution in [0.5, 0.6) is 0 Å². The lowest BCUT2D eigenvalue weighted by Crippen LogP contribution is -2.15. The molecule has 0 fully saturated rings. The van der Waals surface area contributed by atoms with E-state index in [4.69, 9.17) is 0 Å². The average Bonchev–Trinajstić information content (AvgIpc) is 2.18. The van der Waals surface area contributed by atoms with E-state index < -0.39 is 9.84 Å². The SMILES string of the molecule is CS(=O)(=O)c1ccc(CNCCS)cc1. The molecule has 1 aromatic carbocycles. The molecule has 0 spiro atoms. The van der Waals surface area contributed by atoms with Crippen LogP contribution in [0.2, 0.25) is 0 Å². The maximum Gasteiger partial charge on any atom is 0.175 e. The highest BCUT2D eigenvalue weighted by atomic mass is 32.2. The van der Waals surface area contributed by atoms with Gasteiger partial charge in [0, 0.05) is 25.1 Å². The van der Waals surface area contributed by atoms with E-state index in [0.29, 0.717) is 4.90 Å². The highest BCUT2D eigenvalue weighted by Crippen LogP contribution is 2.09. The molecular formula is C10H15NO2S2. The van der Waals surface area contributed by atoms with Gasteiger partial charge in [-0.1, -0.05) is 12.1 Å². The third-order valence-electron chi connectivity index (χ3n) is 1.97. The maximum atomic E-state index is 11.2. The van der Waals surface area contributed by atoms with Gasteiger partial charge >= 0.3 is 0 Å². The molecule has 0 aliphatic carbocycles. The summed E-state index contributed by atoms with van der Waals surface area (Å²) in [4.78, 5) is 0.362. The lowest BCUT2D eigenvalue weighted by atomic mass is 10.2. The zero-order chi connectivity index (χ0) is 11.3. The van der Waals surface area contributed by atoms with Gasteiger partial charge in [0.25, 0.3) is 0 Å². The van der Waals surface area contributed by atoms with E-state index in [2.05, 4.69) is 17.9 Å². The van der Waals surface area contributed by atoms with Crippen LogP contribution in [0.3, 0.4) is 0 Å². The molecule has 5 heteroatoms. The van der Waals surface area contributed by atoms with Crippen molar-refractivity contribution in [1.29, 1.82) is 0 Å². The van der Waals surface area contributed by atoms with Crippen molar-refractivity contribution in [2.45, 2.75) is 11.4 Å². The monoisotopic (exact) mass is 245 g/mol. The molecule has 1 rings (SSSR count). The molecule has 15 heavy (non-hydrogen) atoms. The highest BCUT2D eigenvalue weighted by molar-refractivity contribution is 7.90. The third kappa shape index (κ3) is 4.24. The van der Waals surface area contributed by atoms with Crippen molar-refractivity contribution in [3.63, 3.8) is 0 Å². The zero-order valence-electron chi connectivity index (χ0n) is 8.60. The molecule has 0 aliphatic heterocycles. The highest BCUT2D eigenvalue weighted by Gasteiger charge is 2.05. The van der Waals surface area contributed by atoms with Gasteiger partial charge in [0.05, 0.1) is 4.90 Å². The molecule has 0 unspecified atom stereocenters. The van der Waals surface area contributed by atoms with Crippen LogP contribution in [0.15, 0.2) is 29.2 Å². The summed E-state index contributed by atoms with van der Waals surface area (Å²) in [7, 11) is -3.08. The van der Waals surface area contributed by atoms with E-state index >= 15 is 0 Å². The number of sulfone groups is 1. The van der Waals surface area contributed by atoms with Crippen LogP contribution < -0.4 is 5.32 Å². The number of hydrogen-bond donors (Lipinski definition) is 2. The normalized spacial score (nSPS) is 11.6. The van der Waals surface area contributed by atoms with Crippen molar-refractivity contribution in [3.8, 4) is 0 Å². The summed E-state index contributed by atoms with van der Waals surface area (Å²) < 4.78 is 22.4. The Morgan fingerprint density at radius 3 is 2.33 bits per heavy atom. The van der Waals surface area contributed by atoms with Crippen LogP contribution in [-0.2, 0) is 16.4 Å². The van der Waals surface area contributed by atoms with Gasteiger partial charge in [0.1, 0.15) is 0 Å². The van der Waals surface area contributed by atoms with Gasteiger partial charge < -0.3 is 5.32 Å². The fourth-order valence-corrected chi connectivity index (χ4v) is 1.95. The Morgan fingerprint density at radius 1 is 1.27 bits per heavy atom. The molecule has 0 amide bonds. The summed E-state index contributed by atoms with van der Waals surface area (Å²) in [5.41, 5.74) is 1.07. The molecule has 0 aliphatic rings. The summed E-state index contributed by atoms with van der Waals surface area (Å²) in [5.74, 6) is 0.793. The van der Waals surface area contributed by atoms with E-state index in [0.717, 1.165) is 24.4 Å². The molecule has 1 aromatic rings. The van der Waals surface area contributed by atoms with Crippen molar-refractivity contribution >= 4 is 22.5 Å². The molecular weight excluding hydrogens is 230 g/mol. The molecule has 0 radical (unpaired) electrons. The first-order valence-electron chi connectivity index (χ1n) is 4.64. The Hall–Kier alpha value is -0.520. The predicted molar refractivity (Wildman–Crippen MR) is 65.1 cm³/mol. The Kier molecular flexibility index (Phi) is 4.63. The van der Waals surface area contributed by atoms with Crippen LogP contribution in [-0.4, -0.2) is 27.0 Å². The molecule has 1 N–H and O–H groups in total. The van der Waals surface area contributed by atoms with Crippen molar-refractivity contribution in [2.24, 2.45) is 0 Å². The third-order valence-corrected chi connectivity index (χ3v) is 3.32. The average molecular weight is 245 g/mol. The summed E-state index contributed by atoms with van der Waals surface area (Å²) in [6, 6.07) is 6.91. The first-order valence-corrected chi connectivity index (χ1v) is 7.17. The first-order chi connectivity index (χ1) is 7.04. The van der Waals surface area contributed by atoms with Crippen LogP contribution in [0.1, 0.15) is 5.56 Å². The lowest BCUT2D eigenvalue weighted by molar-refractivity contribution is 0.602. The Balaban J connectivity index is 2.65. The number of benzene rings is 1. The fraction of sp³-hybridized carbons (Fsp3) is 0.400. The quantitative estimate of drug-likeness (QED) is 0.603. The van der Waals surface area contributed by atoms with E-state index in [1.807, 2.05) is 12.1 Å². The second-order valence-corrected chi connectivity index (χ2v) is 5.78. The molecule has 0 bridgehead atoms. The Labute approximate surface area is 96.2 Å². The minimum Gasteiger partial charge on any atom is -0.312 e. The maximum absolute atomic E-state index is 11.2. The number of thiol groups is 1. The number of hydrogen-bond acceptors (Lipinski definition) is 4. The fourth-order valence-electron chi connectivity index (χ4n) is 1.17. The topological polar surface area (TPSA) is 46.2 Å². The number of nitrogens with one attached hydrogen (secondary N) is 1. The minimum atomic E-state index is -3.08. The van der Waals surface area contributed by atoms with Gasteiger partial charge in [-0.15, -0.1) is 0 Å². The summed E-state index contributed by atoms with van der Waals surface area (Å²) in [5, 5.41) is 3.18. The molecule has 0 atom stereocenters. The van der Waals surface area contributed by atoms with Crippen LogP contribution in [0, 0.1) is 0 Å². The van der Waals surface area contributed by atoms with Gasteiger partial charge in [-0.25, -0.2) is 8.42 Å². The van der Waals surface area contributed by atoms with Gasteiger partial charge in [-0.2, -0.15) is 12.6 Å². The molecule has 3 nitrogen and oxygen atoms in total. The van der Waals surface area contributed by atoms with Crippen LogP contribution in [0.25, 0.3) is 0 Å². The van der Waals surface area contributed by atoms with Gasteiger partial charge in [-0.3, -0.25) is 0 Å². The second-order valence-electron chi connectivity index (χ2n) is 3.32. The molecule has 0 saturated carbocycles. The van der Waals surface area contributed by atoms with Crippen molar-refractivity contribution < 1.29 is 8.42 Å². The first kappa shape index (κ1) is 12.5. The van der Waals surface area contributed by atoms with Gasteiger partial charge in [0.15, 0.2) is 9.84 Å². The van der Waals surface area contributed by atoms with E-state index in [1.165, 1.54) is 6.26 Å². The van der Waals surface area contributed by atoms with Crippen LogP contribution >= 0.6 is 12.6 Å². The zero-order valence-corrected chi connectivity index (χ0v) is 10.3. The largest absolute Gasteiger partial charge is 0.312 e. The summed E-state index contributed by atoms with van der Waals surface area (Å²) in [6.45, 7) is 1.58. The molecule has 0 aromatic heterocycles. The second kappa shape index (κ2) is 5.53. The van der Waals surface area contributed by atoms with Gasteiger partial charge in [0.2, 0.25) is 0 Å². The Morgan fingerprint density at radius 2 is 1.87 bits per heavy atom. The lowest BCUT2D eigenvalue weighted by Gasteiger charge is -2.04. The van der Waals surface area contributed by atoms with E-state index in [9.17, 15) is 8.42 Å². The smallest absolute Gasteiger partial charge is 0.175 e. The van der Waals surface area contributed by atoms with E-state index in [1.54, 1.807) is 12.1 Å². The van der Waals surface area contributed by atoms with Gasteiger partial charge in [-0.05, 0) is 17.7 Å². The minimum absolute atomic E-state index is 0.362. The van der Waals surface area contributed by atoms with E-state index in [-0.39, 0.29) is 0 Å². The number of rotatable bonds is 5. The summed E-state index contributed by atoms with van der Waals surface area (Å²) in [6.07, 6.45) is 1.21. The summed E-state index contributed by atoms with van der Waals surface area (Å²) >= 11 is 4.08. The van der Waals surface area contributed by atoms with Crippen molar-refractivity contribution in [1.82, 2.24) is 5.32 Å². The molecule has 0 saturated heterocycles. The Bertz CT molecular complexity index is 398. The van der Waals surface area contributed by atoms with Crippen molar-refractivity contribution in [3.05, 3.63) is 29.8 Å². The van der Waals surface area contributed by atoms with Crippen molar-refractivity contribution in [2.75, 3.05) is 18.6 Å². The molecule has 0 heterocycles. The standard InChI is InChI=1S/C10H15NO2S2/c1-15(12,13)10-4-2-9(3-5-10)8-11-6-7-14/h2-5,11,14H,6-8H2,1H3. The predicted octanol–water partition coefficient (Wildman–Crippen LogP) is 1.11.